The van der Waals surface area contributed by atoms with E-state index in [4.69, 9.17) is 17.0 Å². The van der Waals surface area contributed by atoms with Crippen molar-refractivity contribution in [3.63, 3.8) is 0 Å². The molecule has 2 N–H and O–H groups in total. The maximum Gasteiger partial charge on any atom is 0.191 e. The lowest BCUT2D eigenvalue weighted by Crippen LogP contribution is -2.25. The fourth-order valence-corrected chi connectivity index (χ4v) is 2.16. The summed E-state index contributed by atoms with van der Waals surface area (Å²) in [6.07, 6.45) is 0.690. The third-order valence-electron chi connectivity index (χ3n) is 3.16. The second kappa shape index (κ2) is 8.24. The number of halogens is 1. The summed E-state index contributed by atoms with van der Waals surface area (Å²) in [5, 5.41) is 7.67. The molecular weight excluding hydrogens is 313 g/mol. The first-order valence-electron chi connectivity index (χ1n) is 7.16. The van der Waals surface area contributed by atoms with Gasteiger partial charge in [0.05, 0.1) is 18.5 Å². The summed E-state index contributed by atoms with van der Waals surface area (Å²) in [6.45, 7) is 1.97. The molecule has 0 bridgehead atoms. The number of hydrogen-bond acceptors (Lipinski definition) is 3. The second-order valence-electron chi connectivity index (χ2n) is 4.69. The van der Waals surface area contributed by atoms with E-state index in [0.717, 1.165) is 17.0 Å². The van der Waals surface area contributed by atoms with Gasteiger partial charge < -0.3 is 10.1 Å². The molecule has 0 saturated carbocycles. The summed E-state index contributed by atoms with van der Waals surface area (Å²) in [5.74, 6) is 0.417. The summed E-state index contributed by atoms with van der Waals surface area (Å²) in [4.78, 5) is 0. The number of nitrogens with one attached hydrogen (secondary N) is 2. The Hall–Kier alpha value is -2.47. The van der Waals surface area contributed by atoms with Crippen molar-refractivity contribution in [2.45, 2.75) is 13.3 Å². The zero-order valence-electron chi connectivity index (χ0n) is 13.0. The Morgan fingerprint density at radius 2 is 1.87 bits per heavy atom. The van der Waals surface area contributed by atoms with Gasteiger partial charge >= 0.3 is 0 Å². The van der Waals surface area contributed by atoms with Gasteiger partial charge in [-0.05, 0) is 48.5 Å². The van der Waals surface area contributed by atoms with Crippen molar-refractivity contribution in [2.75, 3.05) is 12.4 Å². The normalized spacial score (nSPS) is 11.0. The predicted molar refractivity (Wildman–Crippen MR) is 95.6 cm³/mol. The molecule has 0 aromatic heterocycles. The van der Waals surface area contributed by atoms with Crippen molar-refractivity contribution < 1.29 is 9.13 Å². The van der Waals surface area contributed by atoms with E-state index in [-0.39, 0.29) is 5.82 Å². The van der Waals surface area contributed by atoms with E-state index in [1.807, 2.05) is 31.2 Å². The highest BCUT2D eigenvalue weighted by Crippen LogP contribution is 2.22. The van der Waals surface area contributed by atoms with Crippen LogP contribution in [0.3, 0.4) is 0 Å². The molecule has 0 fully saturated rings. The fourth-order valence-electron chi connectivity index (χ4n) is 2.01. The van der Waals surface area contributed by atoms with Crippen LogP contribution in [0.2, 0.25) is 0 Å². The predicted octanol–water partition coefficient (Wildman–Crippen LogP) is 3.94. The number of methoxy groups -OCH3 is 1. The summed E-state index contributed by atoms with van der Waals surface area (Å²) in [6, 6.07) is 13.7. The molecule has 2 aromatic rings. The SMILES string of the molecule is CC/C(=N\NC(=S)Nc1ccccc1OC)c1ccc(F)cc1. The number of thiocarbonyl (C=S) groups is 1. The topological polar surface area (TPSA) is 45.7 Å². The van der Waals surface area contributed by atoms with Crippen molar-refractivity contribution in [1.29, 1.82) is 0 Å². The first kappa shape index (κ1) is 16.9. The van der Waals surface area contributed by atoms with Crippen LogP contribution in [0.5, 0.6) is 5.75 Å². The number of anilines is 1. The lowest BCUT2D eigenvalue weighted by atomic mass is 10.1. The van der Waals surface area contributed by atoms with E-state index in [0.29, 0.717) is 17.3 Å². The number of benzene rings is 2. The van der Waals surface area contributed by atoms with Crippen LogP contribution in [0.15, 0.2) is 53.6 Å². The number of hydrazone groups is 1. The third kappa shape index (κ3) is 4.75. The van der Waals surface area contributed by atoms with E-state index in [1.165, 1.54) is 12.1 Å². The Morgan fingerprint density at radius 1 is 1.17 bits per heavy atom. The number of rotatable bonds is 5. The average Bonchev–Trinajstić information content (AvgIpc) is 2.57. The Labute approximate surface area is 140 Å². The Bertz CT molecular complexity index is 701. The van der Waals surface area contributed by atoms with Crippen LogP contribution in [-0.4, -0.2) is 17.9 Å². The first-order chi connectivity index (χ1) is 11.1. The van der Waals surface area contributed by atoms with Crippen molar-refractivity contribution in [3.05, 3.63) is 59.9 Å². The van der Waals surface area contributed by atoms with Crippen molar-refractivity contribution in [3.8, 4) is 5.75 Å². The number of nitrogens with zero attached hydrogens (tertiary/aromatic N) is 1. The lowest BCUT2D eigenvalue weighted by molar-refractivity contribution is 0.417. The van der Waals surface area contributed by atoms with Gasteiger partial charge in [0.25, 0.3) is 0 Å². The zero-order chi connectivity index (χ0) is 16.7. The highest BCUT2D eigenvalue weighted by Gasteiger charge is 2.05. The highest BCUT2D eigenvalue weighted by molar-refractivity contribution is 7.80. The summed E-state index contributed by atoms with van der Waals surface area (Å²) in [5.41, 5.74) is 5.19. The molecule has 0 spiro atoms. The maximum atomic E-state index is 13.0. The number of para-hydroxylation sites is 2. The minimum atomic E-state index is -0.273. The van der Waals surface area contributed by atoms with Crippen LogP contribution in [0.25, 0.3) is 0 Å². The van der Waals surface area contributed by atoms with Crippen LogP contribution in [0.4, 0.5) is 10.1 Å². The average molecular weight is 331 g/mol. The van der Waals surface area contributed by atoms with Crippen molar-refractivity contribution >= 4 is 28.7 Å². The molecule has 0 aliphatic heterocycles. The first-order valence-corrected chi connectivity index (χ1v) is 7.57. The van der Waals surface area contributed by atoms with Crippen LogP contribution in [0, 0.1) is 5.82 Å². The minimum absolute atomic E-state index is 0.273. The van der Waals surface area contributed by atoms with Crippen LogP contribution >= 0.6 is 12.2 Å². The molecule has 0 atom stereocenters. The second-order valence-corrected chi connectivity index (χ2v) is 5.09. The molecule has 0 aliphatic carbocycles. The van der Waals surface area contributed by atoms with Gasteiger partial charge in [-0.2, -0.15) is 5.10 Å². The standard InChI is InChI=1S/C17H18FN3OS/c1-3-14(12-8-10-13(18)11-9-12)20-21-17(23)19-15-6-4-5-7-16(15)22-2/h4-11H,3H2,1-2H3,(H2,19,21,23)/b20-14+. The molecule has 0 saturated heterocycles. The molecule has 0 heterocycles. The number of hydrogen-bond donors (Lipinski definition) is 2. The zero-order valence-corrected chi connectivity index (χ0v) is 13.8. The third-order valence-corrected chi connectivity index (χ3v) is 3.35. The van der Waals surface area contributed by atoms with Crippen molar-refractivity contribution in [2.24, 2.45) is 5.10 Å². The van der Waals surface area contributed by atoms with Gasteiger partial charge in [0, 0.05) is 0 Å². The van der Waals surface area contributed by atoms with E-state index in [2.05, 4.69) is 15.8 Å². The van der Waals surface area contributed by atoms with Gasteiger partial charge in [0.15, 0.2) is 5.11 Å². The van der Waals surface area contributed by atoms with Gasteiger partial charge in [-0.25, -0.2) is 4.39 Å². The molecule has 0 radical (unpaired) electrons. The molecule has 2 rings (SSSR count). The molecule has 0 amide bonds. The minimum Gasteiger partial charge on any atom is -0.495 e. The molecule has 0 aliphatic rings. The monoisotopic (exact) mass is 331 g/mol. The molecule has 23 heavy (non-hydrogen) atoms. The summed E-state index contributed by atoms with van der Waals surface area (Å²) >= 11 is 5.24. The maximum absolute atomic E-state index is 13.0. The quantitative estimate of drug-likeness (QED) is 0.495. The Balaban J connectivity index is 2.05. The van der Waals surface area contributed by atoms with Gasteiger partial charge in [-0.15, -0.1) is 0 Å². The van der Waals surface area contributed by atoms with Gasteiger partial charge in [-0.3, -0.25) is 5.43 Å². The molecule has 0 unspecified atom stereocenters. The van der Waals surface area contributed by atoms with E-state index in [9.17, 15) is 4.39 Å². The summed E-state index contributed by atoms with van der Waals surface area (Å²) in [7, 11) is 1.60. The van der Waals surface area contributed by atoms with E-state index >= 15 is 0 Å². The smallest absolute Gasteiger partial charge is 0.191 e. The van der Waals surface area contributed by atoms with E-state index in [1.54, 1.807) is 19.2 Å². The van der Waals surface area contributed by atoms with Crippen molar-refractivity contribution in [1.82, 2.24) is 5.43 Å². The van der Waals surface area contributed by atoms with Crippen LogP contribution < -0.4 is 15.5 Å². The molecular formula is C17H18FN3OS. The fraction of sp³-hybridized carbons (Fsp3) is 0.176. The molecule has 120 valence electrons. The van der Waals surface area contributed by atoms with Crippen LogP contribution in [0.1, 0.15) is 18.9 Å². The largest absolute Gasteiger partial charge is 0.495 e. The lowest BCUT2D eigenvalue weighted by Gasteiger charge is -2.12. The highest BCUT2D eigenvalue weighted by atomic mass is 32.1. The Morgan fingerprint density at radius 3 is 2.52 bits per heavy atom. The Kier molecular flexibility index (Phi) is 6.05. The van der Waals surface area contributed by atoms with Gasteiger partial charge in [0.2, 0.25) is 0 Å². The van der Waals surface area contributed by atoms with Gasteiger partial charge in [-0.1, -0.05) is 31.2 Å². The van der Waals surface area contributed by atoms with E-state index < -0.39 is 0 Å². The number of ether oxygens (including phenoxy) is 1. The molecule has 4 nitrogen and oxygen atoms in total. The summed E-state index contributed by atoms with van der Waals surface area (Å²) < 4.78 is 18.2. The van der Waals surface area contributed by atoms with Gasteiger partial charge in [0.1, 0.15) is 11.6 Å². The van der Waals surface area contributed by atoms with Crippen LogP contribution in [-0.2, 0) is 0 Å². The molecule has 2 aromatic carbocycles. The molecule has 6 heteroatoms.